The first-order chi connectivity index (χ1) is 10.2. The zero-order valence-corrected chi connectivity index (χ0v) is 12.6. The average Bonchev–Trinajstić information content (AvgIpc) is 2.54. The molecular weight excluding hydrogens is 268 g/mol. The van der Waals surface area contributed by atoms with Crippen molar-refractivity contribution < 1.29 is 19.0 Å². The van der Waals surface area contributed by atoms with Crippen LogP contribution in [-0.4, -0.2) is 32.4 Å². The quantitative estimate of drug-likeness (QED) is 0.597. The molecule has 0 spiro atoms. The van der Waals surface area contributed by atoms with Gasteiger partial charge in [0.1, 0.15) is 6.61 Å². The maximum absolute atomic E-state index is 11.9. The average molecular weight is 290 g/mol. The Labute approximate surface area is 125 Å². The minimum absolute atomic E-state index is 0.0621. The first kappa shape index (κ1) is 15.7. The van der Waals surface area contributed by atoms with Gasteiger partial charge in [-0.15, -0.1) is 0 Å². The molecule has 21 heavy (non-hydrogen) atoms. The van der Waals surface area contributed by atoms with E-state index in [0.717, 1.165) is 24.0 Å². The Morgan fingerprint density at radius 2 is 1.95 bits per heavy atom. The fourth-order valence-corrected chi connectivity index (χ4v) is 2.48. The largest absolute Gasteiger partial charge is 0.461 e. The SMILES string of the molecule is COC1CC=C(CC(=O)OCc2ccccc2)C(OC)C1. The molecule has 2 unspecified atom stereocenters. The van der Waals surface area contributed by atoms with Gasteiger partial charge >= 0.3 is 5.97 Å². The van der Waals surface area contributed by atoms with Crippen LogP contribution in [0.1, 0.15) is 24.8 Å². The Bertz CT molecular complexity index is 481. The van der Waals surface area contributed by atoms with Gasteiger partial charge in [-0.05, 0) is 17.6 Å². The first-order valence-corrected chi connectivity index (χ1v) is 7.17. The second kappa shape index (κ2) is 7.96. The molecule has 1 aliphatic rings. The minimum Gasteiger partial charge on any atom is -0.461 e. The molecule has 0 saturated heterocycles. The lowest BCUT2D eigenvalue weighted by Gasteiger charge is -2.27. The molecule has 1 aromatic carbocycles. The summed E-state index contributed by atoms with van der Waals surface area (Å²) in [5.41, 5.74) is 1.98. The standard InChI is InChI=1S/C17H22O4/c1-19-15-9-8-14(16(11-15)20-2)10-17(18)21-12-13-6-4-3-5-7-13/h3-8,15-16H,9-12H2,1-2H3. The van der Waals surface area contributed by atoms with Gasteiger partial charge in [-0.1, -0.05) is 36.4 Å². The van der Waals surface area contributed by atoms with Gasteiger partial charge in [0, 0.05) is 20.6 Å². The third kappa shape index (κ3) is 4.69. The predicted octanol–water partition coefficient (Wildman–Crippen LogP) is 2.87. The van der Waals surface area contributed by atoms with Gasteiger partial charge in [-0.25, -0.2) is 0 Å². The molecule has 0 heterocycles. The zero-order chi connectivity index (χ0) is 15.1. The fraction of sp³-hybridized carbons (Fsp3) is 0.471. The van der Waals surface area contributed by atoms with E-state index in [4.69, 9.17) is 14.2 Å². The minimum atomic E-state index is -0.219. The third-order valence-corrected chi connectivity index (χ3v) is 3.74. The molecule has 0 fully saturated rings. The Morgan fingerprint density at radius 1 is 1.19 bits per heavy atom. The summed E-state index contributed by atoms with van der Waals surface area (Å²) in [7, 11) is 3.36. The van der Waals surface area contributed by atoms with Crippen molar-refractivity contribution in [3.63, 3.8) is 0 Å². The summed E-state index contributed by atoms with van der Waals surface area (Å²) in [5.74, 6) is -0.219. The van der Waals surface area contributed by atoms with Crippen LogP contribution in [0.5, 0.6) is 0 Å². The summed E-state index contributed by atoms with van der Waals surface area (Å²) in [5, 5.41) is 0. The highest BCUT2D eigenvalue weighted by Gasteiger charge is 2.25. The highest BCUT2D eigenvalue weighted by Crippen LogP contribution is 2.25. The lowest BCUT2D eigenvalue weighted by molar-refractivity contribution is -0.144. The Hall–Kier alpha value is -1.65. The lowest BCUT2D eigenvalue weighted by Crippen LogP contribution is -2.28. The monoisotopic (exact) mass is 290 g/mol. The van der Waals surface area contributed by atoms with Crippen LogP contribution in [-0.2, 0) is 25.6 Å². The molecule has 0 saturated carbocycles. The highest BCUT2D eigenvalue weighted by molar-refractivity contribution is 5.72. The molecular formula is C17H22O4. The van der Waals surface area contributed by atoms with Gasteiger partial charge in [0.05, 0.1) is 18.6 Å². The molecule has 0 N–H and O–H groups in total. The zero-order valence-electron chi connectivity index (χ0n) is 12.6. The Kier molecular flexibility index (Phi) is 5.96. The van der Waals surface area contributed by atoms with Crippen LogP contribution in [0.15, 0.2) is 42.0 Å². The molecule has 1 aliphatic carbocycles. The van der Waals surface area contributed by atoms with Gasteiger partial charge in [-0.2, -0.15) is 0 Å². The van der Waals surface area contributed by atoms with Crippen molar-refractivity contribution in [1.82, 2.24) is 0 Å². The van der Waals surface area contributed by atoms with E-state index in [1.54, 1.807) is 14.2 Å². The molecule has 0 aromatic heterocycles. The van der Waals surface area contributed by atoms with E-state index in [1.165, 1.54) is 0 Å². The molecule has 0 aliphatic heterocycles. The van der Waals surface area contributed by atoms with Crippen LogP contribution in [0.3, 0.4) is 0 Å². The summed E-state index contributed by atoms with van der Waals surface area (Å²) < 4.78 is 16.1. The van der Waals surface area contributed by atoms with Crippen molar-refractivity contribution in [1.29, 1.82) is 0 Å². The molecule has 4 nitrogen and oxygen atoms in total. The first-order valence-electron chi connectivity index (χ1n) is 7.17. The Morgan fingerprint density at radius 3 is 2.62 bits per heavy atom. The Balaban J connectivity index is 1.85. The highest BCUT2D eigenvalue weighted by atomic mass is 16.5. The summed E-state index contributed by atoms with van der Waals surface area (Å²) in [6.07, 6.45) is 4.02. The predicted molar refractivity (Wildman–Crippen MR) is 79.8 cm³/mol. The molecule has 2 atom stereocenters. The van der Waals surface area contributed by atoms with E-state index >= 15 is 0 Å². The number of ether oxygens (including phenoxy) is 3. The summed E-state index contributed by atoms with van der Waals surface area (Å²) in [6.45, 7) is 0.311. The molecule has 4 heteroatoms. The van der Waals surface area contributed by atoms with Gasteiger partial charge in [0.15, 0.2) is 0 Å². The molecule has 114 valence electrons. The van der Waals surface area contributed by atoms with E-state index in [1.807, 2.05) is 36.4 Å². The van der Waals surface area contributed by atoms with Crippen molar-refractivity contribution in [2.75, 3.05) is 14.2 Å². The van der Waals surface area contributed by atoms with Gasteiger partial charge in [0.25, 0.3) is 0 Å². The number of rotatable bonds is 6. The number of methoxy groups -OCH3 is 2. The smallest absolute Gasteiger partial charge is 0.310 e. The van der Waals surface area contributed by atoms with Crippen LogP contribution >= 0.6 is 0 Å². The topological polar surface area (TPSA) is 44.8 Å². The van der Waals surface area contributed by atoms with E-state index in [2.05, 4.69) is 0 Å². The van der Waals surface area contributed by atoms with Crippen molar-refractivity contribution in [2.45, 2.75) is 38.1 Å². The summed E-state index contributed by atoms with van der Waals surface area (Å²) in [6, 6.07) is 9.67. The number of benzene rings is 1. The van der Waals surface area contributed by atoms with Gasteiger partial charge < -0.3 is 14.2 Å². The maximum atomic E-state index is 11.9. The maximum Gasteiger partial charge on any atom is 0.310 e. The van der Waals surface area contributed by atoms with Crippen molar-refractivity contribution in [2.24, 2.45) is 0 Å². The summed E-state index contributed by atoms with van der Waals surface area (Å²) in [4.78, 5) is 11.9. The number of esters is 1. The molecule has 1 aromatic rings. The van der Waals surface area contributed by atoms with Crippen LogP contribution in [0.25, 0.3) is 0 Å². The van der Waals surface area contributed by atoms with Crippen LogP contribution in [0.4, 0.5) is 0 Å². The van der Waals surface area contributed by atoms with Crippen LogP contribution < -0.4 is 0 Å². The van der Waals surface area contributed by atoms with E-state index in [0.29, 0.717) is 6.61 Å². The van der Waals surface area contributed by atoms with E-state index < -0.39 is 0 Å². The molecule has 0 radical (unpaired) electrons. The second-order valence-electron chi connectivity index (χ2n) is 5.16. The fourth-order valence-electron chi connectivity index (χ4n) is 2.48. The second-order valence-corrected chi connectivity index (χ2v) is 5.16. The number of hydrogen-bond acceptors (Lipinski definition) is 4. The molecule has 0 bridgehead atoms. The van der Waals surface area contributed by atoms with Crippen molar-refractivity contribution in [3.05, 3.63) is 47.5 Å². The summed E-state index contributed by atoms with van der Waals surface area (Å²) >= 11 is 0. The normalized spacial score (nSPS) is 21.7. The number of carbonyl (C=O) groups is 1. The van der Waals surface area contributed by atoms with E-state index in [-0.39, 0.29) is 24.6 Å². The number of hydrogen-bond donors (Lipinski definition) is 0. The van der Waals surface area contributed by atoms with E-state index in [9.17, 15) is 4.79 Å². The molecule has 2 rings (SSSR count). The van der Waals surface area contributed by atoms with Gasteiger partial charge in [0.2, 0.25) is 0 Å². The molecule has 0 amide bonds. The van der Waals surface area contributed by atoms with Crippen LogP contribution in [0.2, 0.25) is 0 Å². The third-order valence-electron chi connectivity index (χ3n) is 3.74. The van der Waals surface area contributed by atoms with Crippen molar-refractivity contribution >= 4 is 5.97 Å². The van der Waals surface area contributed by atoms with Gasteiger partial charge in [-0.3, -0.25) is 4.79 Å². The van der Waals surface area contributed by atoms with Crippen molar-refractivity contribution in [3.8, 4) is 0 Å². The lowest BCUT2D eigenvalue weighted by atomic mass is 9.92. The number of carbonyl (C=O) groups excluding carboxylic acids is 1. The van der Waals surface area contributed by atoms with Crippen LogP contribution in [0, 0.1) is 0 Å².